The van der Waals surface area contributed by atoms with Crippen LogP contribution >= 0.6 is 0 Å². The zero-order valence-corrected chi connectivity index (χ0v) is 75.1. The molecule has 0 aliphatic carbocycles. The van der Waals surface area contributed by atoms with Gasteiger partial charge in [-0.15, -0.1) is 0 Å². The number of guanidine groups is 1. The Morgan fingerprint density at radius 3 is 1.36 bits per heavy atom. The number of H-pyrrole nitrogens is 1. The van der Waals surface area contributed by atoms with E-state index in [2.05, 4.69) is 106 Å². The fourth-order valence-corrected chi connectivity index (χ4v) is 13.9. The Hall–Kier alpha value is -12.6. The second-order valence-electron chi connectivity index (χ2n) is 33.6. The molecular formula is C83H132N26O22. The van der Waals surface area contributed by atoms with E-state index in [1.54, 1.807) is 84.2 Å². The van der Waals surface area contributed by atoms with Crippen LogP contribution in [0.2, 0.25) is 0 Å². The van der Waals surface area contributed by atoms with Crippen molar-refractivity contribution in [2.45, 2.75) is 293 Å². The zero-order chi connectivity index (χ0) is 98.3. The maximum absolute atomic E-state index is 15.7. The molecule has 0 radical (unpaired) electrons. The number of aromatic nitrogens is 1. The van der Waals surface area contributed by atoms with E-state index >= 15 is 33.6 Å². The summed E-state index contributed by atoms with van der Waals surface area (Å²) >= 11 is 0. The number of carbonyl (C=O) groups excluding carboxylic acids is 22. The van der Waals surface area contributed by atoms with Gasteiger partial charge in [-0.25, -0.2) is 0 Å². The fraction of sp³-hybridized carbons (Fsp3) is 0.602. The molecule has 31 N–H and O–H groups in total. The van der Waals surface area contributed by atoms with Crippen LogP contribution in [0.1, 0.15) is 183 Å². The molecule has 1 aromatic carbocycles. The van der Waals surface area contributed by atoms with Crippen LogP contribution in [-0.4, -0.2) is 259 Å². The number of nitrogens with two attached hydrogens (primary N) is 5. The molecule has 48 heteroatoms. The molecule has 18 atom stereocenters. The van der Waals surface area contributed by atoms with Crippen LogP contribution in [0, 0.1) is 23.2 Å². The molecule has 3 rings (SSSR count). The SMILES string of the molecule is CC(=O)N[C@]1(C)CCCCCC/C=C/CCC[C@@](C)(C(=O)N[C@@H](N[C@@H](C=O)CCC(N)=O)C(=O)N[C@H](N[C@@H](C=O)CC(N)=O)C(N)=O)NC(=O)[C@H](N[C@@H](C=O)CC(C)C)NC(=O)[C@H](N[C@@H](C=O)CC(C)C)NC(=O)[C@H](N[C@@H](C=O)CCCNC(=N)N)NC(=O)[C@H](N[C@@H](C=O)Cc2c[nH]c3ccccc23)NC(=O)[C@H](N[C@@H](C=O)CC(C)C)NC(=O)[C@H](N[C@@H](C=O)CC(N)=O)NC1=O. The maximum Gasteiger partial charge on any atom is 0.259 e. The number of aldehydes is 8. The predicted octanol–water partition coefficient (Wildman–Crippen LogP) is -7.74. The highest BCUT2D eigenvalue weighted by atomic mass is 16.2. The molecule has 14 amide bonds. The third-order valence-corrected chi connectivity index (χ3v) is 20.5. The number of allylic oxidation sites excluding steroid dienone is 2. The lowest BCUT2D eigenvalue weighted by atomic mass is 9.92. The summed E-state index contributed by atoms with van der Waals surface area (Å²) in [4.78, 5) is 307. The summed E-state index contributed by atoms with van der Waals surface area (Å²) in [6.45, 7) is 13.7. The van der Waals surface area contributed by atoms with Crippen molar-refractivity contribution in [3.05, 3.63) is 48.2 Å². The number of carbonyl (C=O) groups is 22. The minimum absolute atomic E-state index is 0.0111. The predicted molar refractivity (Wildman–Crippen MR) is 474 cm³/mol. The van der Waals surface area contributed by atoms with E-state index in [0.29, 0.717) is 73.6 Å². The van der Waals surface area contributed by atoms with Crippen molar-refractivity contribution in [2.75, 3.05) is 6.54 Å². The van der Waals surface area contributed by atoms with Crippen LogP contribution in [-0.2, 0) is 112 Å². The Labute approximate surface area is 757 Å². The summed E-state index contributed by atoms with van der Waals surface area (Å²) in [5.74, 6) is -19.0. The third-order valence-electron chi connectivity index (χ3n) is 20.5. The van der Waals surface area contributed by atoms with Gasteiger partial charge in [0, 0.05) is 49.8 Å². The smallest absolute Gasteiger partial charge is 0.259 e. The summed E-state index contributed by atoms with van der Waals surface area (Å²) in [5, 5.41) is 56.1. The van der Waals surface area contributed by atoms with Crippen LogP contribution in [0.3, 0.4) is 0 Å². The molecule has 48 nitrogen and oxygen atoms in total. The van der Waals surface area contributed by atoms with Gasteiger partial charge in [-0.2, -0.15) is 0 Å². The van der Waals surface area contributed by atoms with Gasteiger partial charge in [0.05, 0.1) is 48.3 Å². The number of aromatic amines is 1. The minimum atomic E-state index is -2.35. The average Bonchev–Trinajstić information content (AvgIpc) is 1.72. The van der Waals surface area contributed by atoms with Gasteiger partial charge < -0.3 is 130 Å². The van der Waals surface area contributed by atoms with Gasteiger partial charge in [-0.1, -0.05) is 91.2 Å². The molecule has 1 aromatic heterocycles. The minimum Gasteiger partial charge on any atom is -0.370 e. The van der Waals surface area contributed by atoms with Crippen molar-refractivity contribution in [1.29, 1.82) is 5.41 Å². The molecule has 0 saturated carbocycles. The summed E-state index contributed by atoms with van der Waals surface area (Å²) in [6, 6.07) is -5.08. The van der Waals surface area contributed by atoms with Crippen LogP contribution in [0.5, 0.6) is 0 Å². The number of amides is 14. The molecule has 0 spiro atoms. The highest BCUT2D eigenvalue weighted by molar-refractivity contribution is 6.01. The van der Waals surface area contributed by atoms with E-state index in [1.807, 2.05) is 0 Å². The van der Waals surface area contributed by atoms with Crippen molar-refractivity contribution in [2.24, 2.45) is 46.4 Å². The Balaban J connectivity index is 2.63. The lowest BCUT2D eigenvalue weighted by molar-refractivity contribution is -0.140. The average molecular weight is 1850 g/mol. The third kappa shape index (κ3) is 41.8. The van der Waals surface area contributed by atoms with E-state index in [1.165, 1.54) is 6.92 Å². The molecule has 2 heterocycles. The number of primary amides is 4. The molecular weight excluding hydrogens is 1710 g/mol. The Morgan fingerprint density at radius 2 is 0.908 bits per heavy atom. The monoisotopic (exact) mass is 1850 g/mol. The molecule has 0 unspecified atom stereocenters. The lowest BCUT2D eigenvalue weighted by Gasteiger charge is -2.35. The topological polar surface area (TPSA) is 774 Å². The molecule has 0 saturated heterocycles. The van der Waals surface area contributed by atoms with Crippen molar-refractivity contribution in [3.8, 4) is 0 Å². The van der Waals surface area contributed by atoms with Crippen LogP contribution in [0.15, 0.2) is 42.6 Å². The molecule has 1 aliphatic rings. The zero-order valence-electron chi connectivity index (χ0n) is 75.1. The fourth-order valence-electron chi connectivity index (χ4n) is 13.9. The quantitative estimate of drug-likeness (QED) is 0.00731. The van der Waals surface area contributed by atoms with Crippen LogP contribution in [0.4, 0.5) is 0 Å². The second kappa shape index (κ2) is 58.1. The number of hydrogen-bond donors (Lipinski definition) is 26. The Kier molecular flexibility index (Phi) is 50.0. The highest BCUT2D eigenvalue weighted by Gasteiger charge is 2.44. The molecule has 2 aromatic rings. The number of para-hydroxylation sites is 1. The summed E-state index contributed by atoms with van der Waals surface area (Å²) in [6.07, 6.45) is -12.0. The number of hydrogen-bond acceptors (Lipinski definition) is 31. The van der Waals surface area contributed by atoms with E-state index < -0.39 is 230 Å². The number of fused-ring (bicyclic) bond motifs is 1. The first-order chi connectivity index (χ1) is 61.9. The molecule has 131 heavy (non-hydrogen) atoms. The van der Waals surface area contributed by atoms with Crippen molar-refractivity contribution in [3.63, 3.8) is 0 Å². The van der Waals surface area contributed by atoms with Gasteiger partial charge in [-0.05, 0) is 127 Å². The first-order valence-electron chi connectivity index (χ1n) is 43.1. The number of benzene rings is 1. The van der Waals surface area contributed by atoms with Gasteiger partial charge >= 0.3 is 0 Å². The first-order valence-corrected chi connectivity index (χ1v) is 43.1. The van der Waals surface area contributed by atoms with Gasteiger partial charge in [-0.3, -0.25) is 115 Å². The van der Waals surface area contributed by atoms with E-state index in [-0.39, 0.29) is 107 Å². The Bertz CT molecular complexity index is 4280. The summed E-state index contributed by atoms with van der Waals surface area (Å²) < 4.78 is 0. The normalized spacial score (nSPS) is 22.5. The van der Waals surface area contributed by atoms with Crippen LogP contribution < -0.4 is 130 Å². The molecule has 726 valence electrons. The van der Waals surface area contributed by atoms with Crippen molar-refractivity contribution >= 4 is 150 Å². The number of nitrogens with one attached hydrogen (secondary N) is 21. The van der Waals surface area contributed by atoms with Crippen LogP contribution in [0.25, 0.3) is 10.9 Å². The standard InChI is InChI=1S/C83H132N26O22/c1-45(2)30-52(39-112)95-66-73(124)103-68(98-55(42-115)33-49-36-91-59-24-18-17-23-58(49)59)74(125)101-65(92-50(37-110)22-21-29-90-81(88)89)72(123)102-67(96-53(40-113)31-46(3)4)75(126)105-71(97-54(41-114)32-47(5)6)78(129)109-83(9,80(131)106-69(93-51(38-111)25-26-60(84)119)76(127)100-64(63(87)122)94-56(43-116)34-61(85)120)28-20-16-14-12-10-11-13-15-19-27-82(8,108-48(7)118)79(130)107-70(77(128)104-66)99-57(44-117)35-62(86)121/h12,14,17-18,23-24,36-47,50-57,64-71,91-99H,10-11,13,15-16,19-22,25-35H2,1-9H3,(H2,84,119)(H2,85,120)(H2,86,121)(H2,87,122)(H,100,127)(H,101,125)(H,102,123)(H,103,124)(H,104,128)(H,105,126)(H,106,131)(H,107,130)(H,108,118)(H,109,129)(H4,88,89,90)/b14-12+/t50-,51-,52-,53-,54-,55-,56-,57-,64+,65-,66-,67-,68-,69-,70-,71-,82-,83+/m1/s1. The summed E-state index contributed by atoms with van der Waals surface area (Å²) in [7, 11) is 0. The summed E-state index contributed by atoms with van der Waals surface area (Å²) in [5.41, 5.74) is 24.2. The molecule has 0 fully saturated rings. The molecule has 0 bridgehead atoms. The highest BCUT2D eigenvalue weighted by Crippen LogP contribution is 2.22. The van der Waals surface area contributed by atoms with Gasteiger partial charge in [0.15, 0.2) is 55.3 Å². The van der Waals surface area contributed by atoms with Gasteiger partial charge in [0.1, 0.15) is 61.4 Å². The van der Waals surface area contributed by atoms with E-state index in [0.717, 1.165) is 13.8 Å². The van der Waals surface area contributed by atoms with E-state index in [9.17, 15) is 71.9 Å². The first kappa shape index (κ1) is 113. The van der Waals surface area contributed by atoms with Crippen molar-refractivity contribution < 1.29 is 105 Å². The van der Waals surface area contributed by atoms with Crippen molar-refractivity contribution in [1.82, 2.24) is 106 Å². The molecule has 1 aliphatic heterocycles. The van der Waals surface area contributed by atoms with Gasteiger partial charge in [0.25, 0.3) is 47.3 Å². The number of rotatable bonds is 49. The van der Waals surface area contributed by atoms with E-state index in [4.69, 9.17) is 34.1 Å². The van der Waals surface area contributed by atoms with Gasteiger partial charge in [0.2, 0.25) is 35.4 Å². The largest absolute Gasteiger partial charge is 0.370 e. The Morgan fingerprint density at radius 1 is 0.481 bits per heavy atom. The lowest BCUT2D eigenvalue weighted by Crippen LogP contribution is -2.71. The maximum atomic E-state index is 15.7. The second-order valence-corrected chi connectivity index (χ2v) is 33.6.